The molecule has 0 amide bonds. The standard InChI is InChI=1S/C13H16N2O/c1-2-16-13-6-4-3-5-11(13)12-9-15-8-10(12)7-14/h3-6,10,12,15H,2,8-9H2,1H3. The molecule has 1 aromatic carbocycles. The van der Waals surface area contributed by atoms with E-state index in [-0.39, 0.29) is 11.8 Å². The smallest absolute Gasteiger partial charge is 0.122 e. The Kier molecular flexibility index (Phi) is 3.43. The lowest BCUT2D eigenvalue weighted by Gasteiger charge is -2.17. The van der Waals surface area contributed by atoms with Gasteiger partial charge in [-0.1, -0.05) is 18.2 Å². The molecule has 3 nitrogen and oxygen atoms in total. The van der Waals surface area contributed by atoms with Gasteiger partial charge in [0, 0.05) is 19.0 Å². The Balaban J connectivity index is 2.29. The van der Waals surface area contributed by atoms with Crippen molar-refractivity contribution < 1.29 is 4.74 Å². The van der Waals surface area contributed by atoms with E-state index in [0.717, 1.165) is 24.4 Å². The van der Waals surface area contributed by atoms with Gasteiger partial charge in [0.1, 0.15) is 5.75 Å². The zero-order valence-electron chi connectivity index (χ0n) is 9.44. The second kappa shape index (κ2) is 5.00. The monoisotopic (exact) mass is 216 g/mol. The van der Waals surface area contributed by atoms with Gasteiger partial charge in [-0.3, -0.25) is 0 Å². The molecule has 2 rings (SSSR count). The minimum Gasteiger partial charge on any atom is -0.494 e. The van der Waals surface area contributed by atoms with Crippen LogP contribution in [0.4, 0.5) is 0 Å². The molecule has 16 heavy (non-hydrogen) atoms. The average molecular weight is 216 g/mol. The minimum atomic E-state index is 0.0570. The lowest BCUT2D eigenvalue weighted by Crippen LogP contribution is -2.10. The van der Waals surface area contributed by atoms with E-state index >= 15 is 0 Å². The summed E-state index contributed by atoms with van der Waals surface area (Å²) in [6, 6.07) is 10.4. The Morgan fingerprint density at radius 1 is 1.44 bits per heavy atom. The van der Waals surface area contributed by atoms with Crippen LogP contribution in [0.3, 0.4) is 0 Å². The van der Waals surface area contributed by atoms with Crippen molar-refractivity contribution in [1.82, 2.24) is 5.32 Å². The first-order valence-corrected chi connectivity index (χ1v) is 5.69. The first-order valence-electron chi connectivity index (χ1n) is 5.69. The molecule has 1 N–H and O–H groups in total. The van der Waals surface area contributed by atoms with Crippen molar-refractivity contribution in [1.29, 1.82) is 5.26 Å². The van der Waals surface area contributed by atoms with E-state index in [2.05, 4.69) is 17.5 Å². The lowest BCUT2D eigenvalue weighted by molar-refractivity contribution is 0.333. The molecule has 2 atom stereocenters. The van der Waals surface area contributed by atoms with Gasteiger partial charge in [0.25, 0.3) is 0 Å². The van der Waals surface area contributed by atoms with Crippen molar-refractivity contribution in [2.75, 3.05) is 19.7 Å². The molecular weight excluding hydrogens is 200 g/mol. The highest BCUT2D eigenvalue weighted by Gasteiger charge is 2.30. The van der Waals surface area contributed by atoms with Crippen molar-refractivity contribution in [3.63, 3.8) is 0 Å². The topological polar surface area (TPSA) is 45.0 Å². The zero-order valence-corrected chi connectivity index (χ0v) is 9.44. The summed E-state index contributed by atoms with van der Waals surface area (Å²) >= 11 is 0. The molecule has 1 aliphatic heterocycles. The number of ether oxygens (including phenoxy) is 1. The summed E-state index contributed by atoms with van der Waals surface area (Å²) in [6.45, 7) is 4.28. The third-order valence-corrected chi connectivity index (χ3v) is 3.00. The van der Waals surface area contributed by atoms with E-state index in [0.29, 0.717) is 6.61 Å². The van der Waals surface area contributed by atoms with Gasteiger partial charge in [0.15, 0.2) is 0 Å². The van der Waals surface area contributed by atoms with Gasteiger partial charge in [-0.2, -0.15) is 5.26 Å². The quantitative estimate of drug-likeness (QED) is 0.839. The Hall–Kier alpha value is -1.53. The molecule has 3 heteroatoms. The number of nitriles is 1. The second-order valence-corrected chi connectivity index (χ2v) is 3.97. The van der Waals surface area contributed by atoms with Gasteiger partial charge < -0.3 is 10.1 Å². The van der Waals surface area contributed by atoms with Crippen LogP contribution in [-0.4, -0.2) is 19.7 Å². The van der Waals surface area contributed by atoms with Crippen LogP contribution in [0.5, 0.6) is 5.75 Å². The third kappa shape index (κ3) is 2.02. The number of rotatable bonds is 3. The average Bonchev–Trinajstić information content (AvgIpc) is 2.78. The van der Waals surface area contributed by atoms with Crippen molar-refractivity contribution >= 4 is 0 Å². The molecule has 1 aliphatic rings. The third-order valence-electron chi connectivity index (χ3n) is 3.00. The van der Waals surface area contributed by atoms with Gasteiger partial charge >= 0.3 is 0 Å². The molecule has 2 unspecified atom stereocenters. The van der Waals surface area contributed by atoms with Crippen LogP contribution in [0, 0.1) is 17.2 Å². The largest absolute Gasteiger partial charge is 0.494 e. The molecule has 0 radical (unpaired) electrons. The van der Waals surface area contributed by atoms with E-state index in [1.54, 1.807) is 0 Å². The predicted molar refractivity (Wildman–Crippen MR) is 62.3 cm³/mol. The van der Waals surface area contributed by atoms with Crippen molar-refractivity contribution in [3.05, 3.63) is 29.8 Å². The molecular formula is C13H16N2O. The number of hydrogen-bond acceptors (Lipinski definition) is 3. The fraction of sp³-hybridized carbons (Fsp3) is 0.462. The molecule has 1 saturated heterocycles. The first-order chi connectivity index (χ1) is 7.86. The number of nitrogens with zero attached hydrogens (tertiary/aromatic N) is 1. The van der Waals surface area contributed by atoms with E-state index in [1.807, 2.05) is 25.1 Å². The number of para-hydroxylation sites is 1. The van der Waals surface area contributed by atoms with Crippen LogP contribution < -0.4 is 10.1 Å². The highest BCUT2D eigenvalue weighted by atomic mass is 16.5. The highest BCUT2D eigenvalue weighted by molar-refractivity contribution is 5.38. The van der Waals surface area contributed by atoms with E-state index in [4.69, 9.17) is 10.00 Å². The highest BCUT2D eigenvalue weighted by Crippen LogP contribution is 2.33. The van der Waals surface area contributed by atoms with E-state index in [1.165, 1.54) is 0 Å². The van der Waals surface area contributed by atoms with Crippen LogP contribution in [0.15, 0.2) is 24.3 Å². The Labute approximate surface area is 96.0 Å². The van der Waals surface area contributed by atoms with Crippen LogP contribution in [0.1, 0.15) is 18.4 Å². The first kappa shape index (κ1) is 11.0. The Morgan fingerprint density at radius 3 is 3.00 bits per heavy atom. The fourth-order valence-corrected chi connectivity index (χ4v) is 2.21. The van der Waals surface area contributed by atoms with Crippen LogP contribution in [-0.2, 0) is 0 Å². The van der Waals surface area contributed by atoms with Crippen molar-refractivity contribution in [3.8, 4) is 11.8 Å². The molecule has 1 aromatic rings. The number of hydrogen-bond donors (Lipinski definition) is 1. The summed E-state index contributed by atoms with van der Waals surface area (Å²) in [5, 5.41) is 12.4. The number of nitrogens with one attached hydrogen (secondary N) is 1. The van der Waals surface area contributed by atoms with Crippen molar-refractivity contribution in [2.45, 2.75) is 12.8 Å². The molecule has 0 spiro atoms. The predicted octanol–water partition coefficient (Wildman–Crippen LogP) is 1.91. The maximum absolute atomic E-state index is 9.09. The molecule has 1 fully saturated rings. The maximum Gasteiger partial charge on any atom is 0.122 e. The molecule has 84 valence electrons. The van der Waals surface area contributed by atoms with Gasteiger partial charge in [-0.25, -0.2) is 0 Å². The van der Waals surface area contributed by atoms with Crippen LogP contribution >= 0.6 is 0 Å². The second-order valence-electron chi connectivity index (χ2n) is 3.97. The molecule has 1 heterocycles. The molecule has 0 saturated carbocycles. The summed E-state index contributed by atoms with van der Waals surface area (Å²) in [7, 11) is 0. The lowest BCUT2D eigenvalue weighted by atomic mass is 9.89. The molecule has 0 bridgehead atoms. The van der Waals surface area contributed by atoms with Gasteiger partial charge in [0.2, 0.25) is 0 Å². The minimum absolute atomic E-state index is 0.0570. The Morgan fingerprint density at radius 2 is 2.25 bits per heavy atom. The zero-order chi connectivity index (χ0) is 11.4. The van der Waals surface area contributed by atoms with Crippen LogP contribution in [0.25, 0.3) is 0 Å². The fourth-order valence-electron chi connectivity index (χ4n) is 2.21. The summed E-state index contributed by atoms with van der Waals surface area (Å²) in [6.07, 6.45) is 0. The summed E-state index contributed by atoms with van der Waals surface area (Å²) in [5.74, 6) is 1.23. The van der Waals surface area contributed by atoms with Crippen molar-refractivity contribution in [2.24, 2.45) is 5.92 Å². The van der Waals surface area contributed by atoms with E-state index in [9.17, 15) is 0 Å². The molecule has 0 aliphatic carbocycles. The summed E-state index contributed by atoms with van der Waals surface area (Å²) in [4.78, 5) is 0. The maximum atomic E-state index is 9.09. The van der Waals surface area contributed by atoms with E-state index < -0.39 is 0 Å². The normalized spacial score (nSPS) is 24.0. The molecule has 0 aromatic heterocycles. The number of benzene rings is 1. The summed E-state index contributed by atoms with van der Waals surface area (Å²) < 4.78 is 5.61. The SMILES string of the molecule is CCOc1ccccc1C1CNCC1C#N. The van der Waals surface area contributed by atoms with Gasteiger partial charge in [-0.05, 0) is 18.6 Å². The summed E-state index contributed by atoms with van der Waals surface area (Å²) in [5.41, 5.74) is 1.15. The Bertz CT molecular complexity index is 397. The van der Waals surface area contributed by atoms with Crippen LogP contribution in [0.2, 0.25) is 0 Å². The van der Waals surface area contributed by atoms with Gasteiger partial charge in [0.05, 0.1) is 18.6 Å². The van der Waals surface area contributed by atoms with Gasteiger partial charge in [-0.15, -0.1) is 0 Å².